The van der Waals surface area contributed by atoms with Gasteiger partial charge in [-0.1, -0.05) is 309 Å². The van der Waals surface area contributed by atoms with Crippen LogP contribution in [-0.2, 0) is 32.7 Å². The third kappa shape index (κ3) is 56.2. The minimum absolute atomic E-state index is 0.0587. The van der Waals surface area contributed by atoms with Gasteiger partial charge in [-0.05, 0) is 12.8 Å². The smallest absolute Gasteiger partial charge is 0.462 e. The van der Waals surface area contributed by atoms with Gasteiger partial charge < -0.3 is 20.1 Å². The van der Waals surface area contributed by atoms with Crippen LogP contribution in [0.5, 0.6) is 0 Å². The number of carbonyl (C=O) groups excluding carboxylic acids is 2. The number of esters is 2. The Kier molecular flexibility index (Phi) is 55.5. The van der Waals surface area contributed by atoms with Crippen molar-refractivity contribution in [2.75, 3.05) is 26.4 Å². The first kappa shape index (κ1) is 68.0. The second-order valence-corrected chi connectivity index (χ2v) is 22.4. The summed E-state index contributed by atoms with van der Waals surface area (Å²) >= 11 is 0. The second-order valence-electron chi connectivity index (χ2n) is 20.9. The van der Waals surface area contributed by atoms with E-state index in [-0.39, 0.29) is 32.1 Å². The zero-order valence-corrected chi connectivity index (χ0v) is 47.0. The molecule has 0 aromatic rings. The van der Waals surface area contributed by atoms with Gasteiger partial charge in [0.1, 0.15) is 6.61 Å². The molecule has 69 heavy (non-hydrogen) atoms. The van der Waals surface area contributed by atoms with E-state index >= 15 is 0 Å². The molecule has 2 unspecified atom stereocenters. The Morgan fingerprint density at radius 2 is 0.623 bits per heavy atom. The molecule has 0 amide bonds. The number of rotatable bonds is 59. The number of ether oxygens (including phenoxy) is 2. The summed E-state index contributed by atoms with van der Waals surface area (Å²) in [7, 11) is -4.38. The van der Waals surface area contributed by atoms with E-state index in [4.69, 9.17) is 24.3 Å². The summed E-state index contributed by atoms with van der Waals surface area (Å²) in [5.41, 5.74) is 5.39. The summed E-state index contributed by atoms with van der Waals surface area (Å²) in [6.45, 7) is 3.83. The van der Waals surface area contributed by atoms with Crippen molar-refractivity contribution in [1.82, 2.24) is 0 Å². The van der Waals surface area contributed by atoms with Gasteiger partial charge in [-0.3, -0.25) is 18.6 Å². The molecule has 0 spiro atoms. The molecule has 0 aliphatic heterocycles. The first-order valence-electron chi connectivity index (χ1n) is 30.5. The van der Waals surface area contributed by atoms with Crippen LogP contribution in [0.2, 0.25) is 0 Å². The van der Waals surface area contributed by atoms with Crippen molar-refractivity contribution in [2.45, 2.75) is 341 Å². The van der Waals surface area contributed by atoms with Gasteiger partial charge in [0.05, 0.1) is 13.2 Å². The fraction of sp³-hybridized carbons (Fsp3) is 0.966. The van der Waals surface area contributed by atoms with Gasteiger partial charge in [0.2, 0.25) is 0 Å². The lowest BCUT2D eigenvalue weighted by Gasteiger charge is -2.19. The zero-order chi connectivity index (χ0) is 50.2. The predicted molar refractivity (Wildman–Crippen MR) is 294 cm³/mol. The van der Waals surface area contributed by atoms with E-state index in [9.17, 15) is 19.0 Å². The third-order valence-electron chi connectivity index (χ3n) is 14.0. The second kappa shape index (κ2) is 56.3. The Morgan fingerprint density at radius 1 is 0.377 bits per heavy atom. The van der Waals surface area contributed by atoms with Gasteiger partial charge in [0, 0.05) is 19.4 Å². The number of phosphoric ester groups is 1. The summed E-state index contributed by atoms with van der Waals surface area (Å²) in [6, 6.07) is 0. The molecule has 3 N–H and O–H groups in total. The standard InChI is InChI=1S/C59H118NO8P/c1-3-5-7-9-11-13-15-17-19-21-23-25-27-28-29-30-32-34-36-38-40-42-44-46-48-50-52-59(62)68-57(56-67-69(63,64)66-54-53-60)55-65-58(61)51-49-47-45-43-41-39-37-35-33-31-26-24-22-20-18-16-14-12-10-8-6-4-2/h57H,3-56,60H2,1-2H3,(H,63,64). The van der Waals surface area contributed by atoms with Gasteiger partial charge in [0.25, 0.3) is 0 Å². The highest BCUT2D eigenvalue weighted by Gasteiger charge is 2.26. The van der Waals surface area contributed by atoms with Crippen LogP contribution in [-0.4, -0.2) is 49.3 Å². The highest BCUT2D eigenvalue weighted by atomic mass is 31.2. The SMILES string of the molecule is CCCCCCCCCCCCCCCCCCCCCCCCCCCCC(=O)OC(COC(=O)CCCCCCCCCCCCCCCCCCCCCCCC)COP(=O)(O)OCCN. The molecule has 0 saturated carbocycles. The van der Waals surface area contributed by atoms with Gasteiger partial charge in [-0.25, -0.2) is 4.57 Å². The number of hydrogen-bond donors (Lipinski definition) is 2. The molecule has 0 heterocycles. The molecule has 0 fully saturated rings. The van der Waals surface area contributed by atoms with Crippen molar-refractivity contribution in [3.05, 3.63) is 0 Å². The quantitative estimate of drug-likeness (QED) is 0.0347. The third-order valence-corrected chi connectivity index (χ3v) is 15.0. The lowest BCUT2D eigenvalue weighted by Crippen LogP contribution is -2.29. The van der Waals surface area contributed by atoms with Crippen molar-refractivity contribution >= 4 is 19.8 Å². The molecule has 2 atom stereocenters. The maximum absolute atomic E-state index is 12.7. The highest BCUT2D eigenvalue weighted by molar-refractivity contribution is 7.47. The van der Waals surface area contributed by atoms with E-state index in [1.54, 1.807) is 0 Å². The summed E-state index contributed by atoms with van der Waals surface area (Å²) in [6.07, 6.45) is 63.1. The molecule has 0 saturated heterocycles. The van der Waals surface area contributed by atoms with Crippen LogP contribution < -0.4 is 5.73 Å². The minimum Gasteiger partial charge on any atom is -0.462 e. The molecular formula is C59H118NO8P. The Morgan fingerprint density at radius 3 is 0.884 bits per heavy atom. The highest BCUT2D eigenvalue weighted by Crippen LogP contribution is 2.43. The number of carbonyl (C=O) groups is 2. The molecule has 0 rings (SSSR count). The first-order valence-corrected chi connectivity index (χ1v) is 32.0. The van der Waals surface area contributed by atoms with Crippen molar-refractivity contribution < 1.29 is 37.6 Å². The fourth-order valence-electron chi connectivity index (χ4n) is 9.46. The molecule has 412 valence electrons. The van der Waals surface area contributed by atoms with Crippen molar-refractivity contribution in [3.63, 3.8) is 0 Å². The van der Waals surface area contributed by atoms with Crippen molar-refractivity contribution in [1.29, 1.82) is 0 Å². The molecule has 10 heteroatoms. The molecular weight excluding hydrogens is 882 g/mol. The van der Waals surface area contributed by atoms with E-state index < -0.39 is 26.5 Å². The Labute approximate surface area is 428 Å². The van der Waals surface area contributed by atoms with E-state index in [1.165, 1.54) is 270 Å². The minimum atomic E-state index is -4.38. The summed E-state index contributed by atoms with van der Waals surface area (Å²) in [5.74, 6) is -0.801. The Hall–Kier alpha value is -0.990. The van der Waals surface area contributed by atoms with E-state index in [2.05, 4.69) is 13.8 Å². The first-order chi connectivity index (χ1) is 33.8. The topological polar surface area (TPSA) is 134 Å². The summed E-state index contributed by atoms with van der Waals surface area (Å²) < 4.78 is 33.1. The van der Waals surface area contributed by atoms with Crippen LogP contribution in [0.25, 0.3) is 0 Å². The molecule has 0 bridgehead atoms. The van der Waals surface area contributed by atoms with Gasteiger partial charge in [-0.15, -0.1) is 0 Å². The molecule has 0 aliphatic rings. The summed E-state index contributed by atoms with van der Waals surface area (Å²) in [4.78, 5) is 35.2. The lowest BCUT2D eigenvalue weighted by atomic mass is 10.0. The van der Waals surface area contributed by atoms with Gasteiger partial charge in [0.15, 0.2) is 6.10 Å². The average Bonchev–Trinajstić information content (AvgIpc) is 3.34. The fourth-order valence-corrected chi connectivity index (χ4v) is 10.2. The van der Waals surface area contributed by atoms with E-state index in [0.717, 1.165) is 32.1 Å². The van der Waals surface area contributed by atoms with Gasteiger partial charge >= 0.3 is 19.8 Å². The van der Waals surface area contributed by atoms with Crippen LogP contribution in [0, 0.1) is 0 Å². The molecule has 9 nitrogen and oxygen atoms in total. The number of phosphoric acid groups is 1. The van der Waals surface area contributed by atoms with E-state index in [0.29, 0.717) is 12.8 Å². The maximum atomic E-state index is 12.7. The largest absolute Gasteiger partial charge is 0.472 e. The van der Waals surface area contributed by atoms with Crippen LogP contribution in [0.15, 0.2) is 0 Å². The van der Waals surface area contributed by atoms with Gasteiger partial charge in [-0.2, -0.15) is 0 Å². The Balaban J connectivity index is 3.88. The van der Waals surface area contributed by atoms with Crippen molar-refractivity contribution in [2.24, 2.45) is 5.73 Å². The lowest BCUT2D eigenvalue weighted by molar-refractivity contribution is -0.161. The average molecular weight is 1000 g/mol. The predicted octanol–water partition coefficient (Wildman–Crippen LogP) is 19.1. The van der Waals surface area contributed by atoms with Crippen LogP contribution in [0.3, 0.4) is 0 Å². The number of nitrogens with two attached hydrogens (primary N) is 1. The van der Waals surface area contributed by atoms with Crippen molar-refractivity contribution in [3.8, 4) is 0 Å². The monoisotopic (exact) mass is 1000 g/mol. The molecule has 0 aromatic carbocycles. The Bertz CT molecular complexity index is 1090. The van der Waals surface area contributed by atoms with Crippen LogP contribution >= 0.6 is 7.82 Å². The number of unbranched alkanes of at least 4 members (excludes halogenated alkanes) is 46. The molecule has 0 aromatic heterocycles. The van der Waals surface area contributed by atoms with Crippen LogP contribution in [0.1, 0.15) is 335 Å². The van der Waals surface area contributed by atoms with E-state index in [1.807, 2.05) is 0 Å². The normalized spacial score (nSPS) is 12.9. The maximum Gasteiger partial charge on any atom is 0.472 e. The summed E-state index contributed by atoms with van der Waals surface area (Å²) in [5, 5.41) is 0. The zero-order valence-electron chi connectivity index (χ0n) is 46.1. The van der Waals surface area contributed by atoms with Crippen LogP contribution in [0.4, 0.5) is 0 Å². The molecule has 0 aliphatic carbocycles. The number of hydrogen-bond acceptors (Lipinski definition) is 8. The molecule has 0 radical (unpaired) electrons.